The van der Waals surface area contributed by atoms with Gasteiger partial charge in [0.2, 0.25) is 0 Å². The Labute approximate surface area is 197 Å². The minimum atomic E-state index is -4.08. The summed E-state index contributed by atoms with van der Waals surface area (Å²) in [7, 11) is -2.45. The van der Waals surface area contributed by atoms with Crippen LogP contribution in [0.2, 0.25) is 0 Å². The molecule has 1 saturated heterocycles. The van der Waals surface area contributed by atoms with Crippen molar-refractivity contribution >= 4 is 33.1 Å². The Kier molecular flexibility index (Phi) is 6.60. The maximum Gasteiger partial charge on any atom is 0.337 e. The predicted octanol–water partition coefficient (Wildman–Crippen LogP) is 3.66. The number of rotatable bonds is 7. The van der Waals surface area contributed by atoms with Crippen molar-refractivity contribution in [1.29, 1.82) is 0 Å². The third-order valence-corrected chi connectivity index (χ3v) is 7.01. The van der Waals surface area contributed by atoms with Gasteiger partial charge in [-0.2, -0.15) is 0 Å². The van der Waals surface area contributed by atoms with Crippen molar-refractivity contribution in [2.45, 2.75) is 4.90 Å². The van der Waals surface area contributed by atoms with Crippen LogP contribution in [0, 0.1) is 5.82 Å². The lowest BCUT2D eigenvalue weighted by Crippen LogP contribution is -2.47. The Bertz CT molecular complexity index is 1310. The standard InChI is InChI=1S/C24H24FN3O5S/c1-33-23-8-3-2-7-22(23)28-13-11-27(12-14-28)21-10-9-18(16-20(21)24(29)30)26-34(31,32)19-6-4-5-17(25)15-19/h2-10,15-16,26H,11-14H2,1H3,(H,29,30). The average molecular weight is 486 g/mol. The highest BCUT2D eigenvalue weighted by molar-refractivity contribution is 7.92. The lowest BCUT2D eigenvalue weighted by atomic mass is 10.1. The molecule has 3 aromatic rings. The molecule has 34 heavy (non-hydrogen) atoms. The molecular weight excluding hydrogens is 461 g/mol. The van der Waals surface area contributed by atoms with E-state index in [1.165, 1.54) is 24.3 Å². The van der Waals surface area contributed by atoms with Crippen molar-refractivity contribution in [3.63, 3.8) is 0 Å². The quantitative estimate of drug-likeness (QED) is 0.527. The molecule has 10 heteroatoms. The summed E-state index contributed by atoms with van der Waals surface area (Å²) >= 11 is 0. The van der Waals surface area contributed by atoms with E-state index in [9.17, 15) is 22.7 Å². The number of sulfonamides is 1. The Morgan fingerprint density at radius 1 is 0.941 bits per heavy atom. The predicted molar refractivity (Wildman–Crippen MR) is 128 cm³/mol. The van der Waals surface area contributed by atoms with Crippen molar-refractivity contribution in [1.82, 2.24) is 0 Å². The van der Waals surface area contributed by atoms with Gasteiger partial charge in [0.05, 0.1) is 28.9 Å². The number of benzene rings is 3. The molecule has 0 aromatic heterocycles. The summed E-state index contributed by atoms with van der Waals surface area (Å²) < 4.78 is 46.4. The molecule has 4 rings (SSSR count). The molecule has 178 valence electrons. The monoisotopic (exact) mass is 485 g/mol. The molecule has 0 bridgehead atoms. The first-order valence-corrected chi connectivity index (χ1v) is 12.1. The van der Waals surface area contributed by atoms with Crippen LogP contribution < -0.4 is 19.3 Å². The molecule has 0 spiro atoms. The summed E-state index contributed by atoms with van der Waals surface area (Å²) in [6.45, 7) is 2.47. The molecule has 0 aliphatic carbocycles. The fourth-order valence-electron chi connectivity index (χ4n) is 3.97. The van der Waals surface area contributed by atoms with Gasteiger partial charge in [-0.25, -0.2) is 17.6 Å². The van der Waals surface area contributed by atoms with Crippen LogP contribution in [0.5, 0.6) is 5.75 Å². The molecule has 8 nitrogen and oxygen atoms in total. The third kappa shape index (κ3) is 4.91. The van der Waals surface area contributed by atoms with Crippen molar-refractivity contribution < 1.29 is 27.4 Å². The summed E-state index contributed by atoms with van der Waals surface area (Å²) in [5.74, 6) is -1.08. The number of piperazine rings is 1. The van der Waals surface area contributed by atoms with Crippen LogP contribution >= 0.6 is 0 Å². The van der Waals surface area contributed by atoms with Crippen LogP contribution in [0.15, 0.2) is 71.6 Å². The number of anilines is 3. The molecule has 3 aromatic carbocycles. The minimum absolute atomic E-state index is 0.0230. The van der Waals surface area contributed by atoms with E-state index in [1.54, 1.807) is 13.2 Å². The largest absolute Gasteiger partial charge is 0.495 e. The average Bonchev–Trinajstić information content (AvgIpc) is 2.84. The van der Waals surface area contributed by atoms with Crippen LogP contribution in [-0.2, 0) is 10.0 Å². The second-order valence-corrected chi connectivity index (χ2v) is 9.43. The van der Waals surface area contributed by atoms with Crippen LogP contribution in [-0.4, -0.2) is 52.8 Å². The van der Waals surface area contributed by atoms with E-state index < -0.39 is 21.8 Å². The van der Waals surface area contributed by atoms with Crippen LogP contribution in [0.1, 0.15) is 10.4 Å². The number of carboxylic acid groups (broad SMARTS) is 1. The molecule has 0 unspecified atom stereocenters. The summed E-state index contributed by atoms with van der Waals surface area (Å²) in [6.07, 6.45) is 0. The first-order valence-electron chi connectivity index (χ1n) is 10.6. The molecule has 0 saturated carbocycles. The van der Waals surface area contributed by atoms with Gasteiger partial charge in [-0.05, 0) is 48.5 Å². The molecular formula is C24H24FN3O5S. The first-order chi connectivity index (χ1) is 16.3. The maximum absolute atomic E-state index is 13.5. The molecule has 0 amide bonds. The van der Waals surface area contributed by atoms with Crippen LogP contribution in [0.4, 0.5) is 21.5 Å². The minimum Gasteiger partial charge on any atom is -0.495 e. The van der Waals surface area contributed by atoms with Crippen molar-refractivity contribution in [3.05, 3.63) is 78.1 Å². The van der Waals surface area contributed by atoms with E-state index in [1.807, 2.05) is 29.2 Å². The zero-order chi connectivity index (χ0) is 24.3. The van der Waals surface area contributed by atoms with Crippen molar-refractivity contribution in [2.75, 3.05) is 47.8 Å². The number of nitrogens with zero attached hydrogens (tertiary/aromatic N) is 2. The topological polar surface area (TPSA) is 99.2 Å². The number of carboxylic acids is 1. The van der Waals surface area contributed by atoms with E-state index >= 15 is 0 Å². The van der Waals surface area contributed by atoms with Gasteiger partial charge >= 0.3 is 5.97 Å². The smallest absolute Gasteiger partial charge is 0.337 e. The number of halogens is 1. The maximum atomic E-state index is 13.5. The van der Waals surface area contributed by atoms with E-state index in [2.05, 4.69) is 9.62 Å². The third-order valence-electron chi connectivity index (χ3n) is 5.63. The zero-order valence-corrected chi connectivity index (χ0v) is 19.3. The highest BCUT2D eigenvalue weighted by Crippen LogP contribution is 2.31. The second kappa shape index (κ2) is 9.60. The molecule has 0 radical (unpaired) electrons. The summed E-state index contributed by atoms with van der Waals surface area (Å²) in [4.78, 5) is 15.9. The van der Waals surface area contributed by atoms with Crippen LogP contribution in [0.25, 0.3) is 0 Å². The van der Waals surface area contributed by atoms with E-state index in [0.717, 1.165) is 23.6 Å². The molecule has 0 atom stereocenters. The van der Waals surface area contributed by atoms with Gasteiger partial charge < -0.3 is 19.6 Å². The Hall–Kier alpha value is -3.79. The number of ether oxygens (including phenoxy) is 1. The van der Waals surface area contributed by atoms with Gasteiger partial charge in [-0.3, -0.25) is 4.72 Å². The number of aromatic carboxylic acids is 1. The lowest BCUT2D eigenvalue weighted by Gasteiger charge is -2.38. The Morgan fingerprint density at radius 2 is 1.62 bits per heavy atom. The molecule has 1 heterocycles. The fourth-order valence-corrected chi connectivity index (χ4v) is 5.05. The molecule has 2 N–H and O–H groups in total. The Balaban J connectivity index is 1.53. The first kappa shape index (κ1) is 23.4. The van der Waals surface area contributed by atoms with E-state index in [4.69, 9.17) is 4.74 Å². The van der Waals surface area contributed by atoms with Gasteiger partial charge in [0.1, 0.15) is 11.6 Å². The number of hydrogen-bond donors (Lipinski definition) is 2. The summed E-state index contributed by atoms with van der Waals surface area (Å²) in [5.41, 5.74) is 1.54. The van der Waals surface area contributed by atoms with Gasteiger partial charge in [-0.1, -0.05) is 18.2 Å². The van der Waals surface area contributed by atoms with Gasteiger partial charge in [0, 0.05) is 31.9 Å². The molecule has 1 aliphatic rings. The van der Waals surface area contributed by atoms with Crippen LogP contribution in [0.3, 0.4) is 0 Å². The highest BCUT2D eigenvalue weighted by Gasteiger charge is 2.24. The number of methoxy groups -OCH3 is 1. The highest BCUT2D eigenvalue weighted by atomic mass is 32.2. The number of nitrogens with one attached hydrogen (secondary N) is 1. The number of para-hydroxylation sites is 2. The summed E-state index contributed by atoms with van der Waals surface area (Å²) in [6, 6.07) is 16.7. The normalized spacial score (nSPS) is 14.1. The van der Waals surface area contributed by atoms with Crippen molar-refractivity contribution in [2.24, 2.45) is 0 Å². The molecule has 1 fully saturated rings. The summed E-state index contributed by atoms with van der Waals surface area (Å²) in [5, 5.41) is 9.79. The second-order valence-electron chi connectivity index (χ2n) is 7.75. The van der Waals surface area contributed by atoms with E-state index in [0.29, 0.717) is 31.9 Å². The van der Waals surface area contributed by atoms with Gasteiger partial charge in [-0.15, -0.1) is 0 Å². The van der Waals surface area contributed by atoms with E-state index in [-0.39, 0.29) is 16.1 Å². The lowest BCUT2D eigenvalue weighted by molar-refractivity contribution is 0.0697. The fraction of sp³-hybridized carbons (Fsp3) is 0.208. The van der Waals surface area contributed by atoms with Crippen molar-refractivity contribution in [3.8, 4) is 5.75 Å². The van der Waals surface area contributed by atoms with Gasteiger partial charge in [0.15, 0.2) is 0 Å². The van der Waals surface area contributed by atoms with Gasteiger partial charge in [0.25, 0.3) is 10.0 Å². The SMILES string of the molecule is COc1ccccc1N1CCN(c2ccc(NS(=O)(=O)c3cccc(F)c3)cc2C(=O)O)CC1. The molecule has 1 aliphatic heterocycles. The number of hydrogen-bond acceptors (Lipinski definition) is 6. The Morgan fingerprint density at radius 3 is 2.26 bits per heavy atom. The zero-order valence-electron chi connectivity index (χ0n) is 18.4. The number of carbonyl (C=O) groups is 1.